The molecule has 0 spiro atoms. The zero-order valence-corrected chi connectivity index (χ0v) is 30.0. The Bertz CT molecular complexity index is 1290. The van der Waals surface area contributed by atoms with E-state index in [-0.39, 0.29) is 53.7 Å². The van der Waals surface area contributed by atoms with E-state index in [2.05, 4.69) is 37.3 Å². The van der Waals surface area contributed by atoms with Crippen LogP contribution in [0, 0.1) is 29.6 Å². The first-order valence-electron chi connectivity index (χ1n) is 20.0. The first-order chi connectivity index (χ1) is 24.4. The van der Waals surface area contributed by atoms with Gasteiger partial charge in [-0.2, -0.15) is 0 Å². The van der Waals surface area contributed by atoms with Crippen LogP contribution in [0.4, 0.5) is 4.39 Å². The van der Waals surface area contributed by atoms with Gasteiger partial charge in [-0.15, -0.1) is 0 Å². The molecule has 3 saturated heterocycles. The van der Waals surface area contributed by atoms with Gasteiger partial charge in [0.05, 0.1) is 49.1 Å². The molecule has 0 bridgehead atoms. The van der Waals surface area contributed by atoms with Crippen molar-refractivity contribution in [3.63, 3.8) is 0 Å². The number of hydrogen-bond donors (Lipinski definition) is 2. The number of fused-ring (bicyclic) bond motifs is 5. The second kappa shape index (κ2) is 15.2. The van der Waals surface area contributed by atoms with Crippen molar-refractivity contribution >= 4 is 17.5 Å². The Morgan fingerprint density at radius 2 is 1.62 bits per heavy atom. The number of carbonyl (C=O) groups excluding carboxylic acids is 3. The number of piperazine rings is 1. The van der Waals surface area contributed by atoms with Crippen LogP contribution in [0.1, 0.15) is 57.8 Å². The quantitative estimate of drug-likeness (QED) is 0.258. The molecule has 11 unspecified atom stereocenters. The first-order valence-corrected chi connectivity index (χ1v) is 20.0. The lowest BCUT2D eigenvalue weighted by Gasteiger charge is -2.60. The summed E-state index contributed by atoms with van der Waals surface area (Å²) in [5, 5.41) is 6.58. The summed E-state index contributed by atoms with van der Waals surface area (Å²) in [6.07, 6.45) is 7.49. The summed E-state index contributed by atoms with van der Waals surface area (Å²) >= 11 is 0. The number of ketones is 2. The minimum Gasteiger partial charge on any atom is -0.379 e. The Kier molecular flexibility index (Phi) is 10.7. The second-order valence-electron chi connectivity index (χ2n) is 16.7. The summed E-state index contributed by atoms with van der Waals surface area (Å²) < 4.78 is 28.8. The molecule has 2 N–H and O–H groups in total. The van der Waals surface area contributed by atoms with Gasteiger partial charge < -0.3 is 34.8 Å². The molecule has 4 aliphatic carbocycles. The van der Waals surface area contributed by atoms with E-state index in [1.54, 1.807) is 0 Å². The molecule has 7 fully saturated rings. The van der Waals surface area contributed by atoms with Crippen molar-refractivity contribution < 1.29 is 28.2 Å². The number of carbonyl (C=O) groups is 3. The number of nitrogens with zero attached hydrogens (tertiary/aromatic N) is 4. The molecule has 4 aliphatic heterocycles. The van der Waals surface area contributed by atoms with Gasteiger partial charge in [-0.05, 0) is 83.5 Å². The third kappa shape index (κ3) is 6.82. The monoisotopic (exact) mass is 698 g/mol. The molecule has 8 rings (SSSR count). The summed E-state index contributed by atoms with van der Waals surface area (Å²) in [4.78, 5) is 51.0. The Morgan fingerprint density at radius 3 is 2.42 bits per heavy atom. The predicted octanol–water partition coefficient (Wildman–Crippen LogP) is 1.47. The van der Waals surface area contributed by atoms with Crippen molar-refractivity contribution in [1.29, 1.82) is 0 Å². The van der Waals surface area contributed by atoms with E-state index in [0.29, 0.717) is 37.1 Å². The number of rotatable bonds is 10. The largest absolute Gasteiger partial charge is 0.379 e. The van der Waals surface area contributed by atoms with Crippen LogP contribution in [-0.2, 0) is 23.9 Å². The second-order valence-corrected chi connectivity index (χ2v) is 16.7. The predicted molar refractivity (Wildman–Crippen MR) is 186 cm³/mol. The maximum atomic E-state index is 16.3. The maximum Gasteiger partial charge on any atom is 0.256 e. The molecule has 12 heteroatoms. The summed E-state index contributed by atoms with van der Waals surface area (Å²) in [6.45, 7) is 10.5. The van der Waals surface area contributed by atoms with Crippen LogP contribution < -0.4 is 10.6 Å². The molecule has 11 atom stereocenters. The van der Waals surface area contributed by atoms with Crippen molar-refractivity contribution in [3.05, 3.63) is 11.8 Å². The number of hydrogen-bond acceptors (Lipinski definition) is 10. The Morgan fingerprint density at radius 1 is 0.880 bits per heavy atom. The van der Waals surface area contributed by atoms with E-state index < -0.39 is 24.2 Å². The zero-order valence-electron chi connectivity index (χ0n) is 30.0. The van der Waals surface area contributed by atoms with Gasteiger partial charge >= 0.3 is 0 Å². The molecule has 278 valence electrons. The number of Topliss-reactive ketones (excluding diaryl/α,β-unsaturated/α-hetero) is 2. The summed E-state index contributed by atoms with van der Waals surface area (Å²) in [6, 6.07) is -0.896. The van der Waals surface area contributed by atoms with Crippen molar-refractivity contribution in [2.24, 2.45) is 29.6 Å². The van der Waals surface area contributed by atoms with Gasteiger partial charge in [0.25, 0.3) is 5.91 Å². The molecular formula is C38H59FN6O5. The lowest BCUT2D eigenvalue weighted by molar-refractivity contribution is -0.206. The SMILES string of the molecule is CN1CCN(CCCNC(=O)C2=CN3C4CC5C(CC4OC4C(NCCCN6CCOCC6)C(F)CC(C2=O)C43)C(=O)C2CCCCC25)CC1. The van der Waals surface area contributed by atoms with E-state index in [0.717, 1.165) is 104 Å². The molecule has 4 heterocycles. The number of halogens is 1. The van der Waals surface area contributed by atoms with Crippen LogP contribution in [0.15, 0.2) is 11.8 Å². The number of alkyl halides is 1. The molecule has 0 aromatic carbocycles. The van der Waals surface area contributed by atoms with Crippen LogP contribution in [-0.4, -0.2) is 159 Å². The molecule has 1 amide bonds. The van der Waals surface area contributed by atoms with E-state index in [1.165, 1.54) is 6.42 Å². The Balaban J connectivity index is 0.997. The lowest BCUT2D eigenvalue weighted by atomic mass is 9.66. The van der Waals surface area contributed by atoms with E-state index in [4.69, 9.17) is 9.47 Å². The molecular weight excluding hydrogens is 639 g/mol. The highest BCUT2D eigenvalue weighted by Crippen LogP contribution is 2.55. The maximum absolute atomic E-state index is 16.3. The fourth-order valence-electron chi connectivity index (χ4n) is 11.2. The summed E-state index contributed by atoms with van der Waals surface area (Å²) in [5.74, 6) is 0.100. The van der Waals surface area contributed by atoms with Crippen LogP contribution in [0.25, 0.3) is 0 Å². The van der Waals surface area contributed by atoms with E-state index >= 15 is 4.39 Å². The number of nitrogens with one attached hydrogen (secondary N) is 2. The fraction of sp³-hybridized carbons (Fsp3) is 0.868. The minimum absolute atomic E-state index is 0.000123. The van der Waals surface area contributed by atoms with Crippen LogP contribution in [0.3, 0.4) is 0 Å². The van der Waals surface area contributed by atoms with Gasteiger partial charge in [0, 0.05) is 69.8 Å². The van der Waals surface area contributed by atoms with Gasteiger partial charge in [-0.25, -0.2) is 4.39 Å². The summed E-state index contributed by atoms with van der Waals surface area (Å²) in [7, 11) is 2.14. The Labute approximate surface area is 297 Å². The smallest absolute Gasteiger partial charge is 0.256 e. The topological polar surface area (TPSA) is 107 Å². The minimum atomic E-state index is -1.27. The van der Waals surface area contributed by atoms with Gasteiger partial charge in [0.1, 0.15) is 12.0 Å². The van der Waals surface area contributed by atoms with Crippen LogP contribution in [0.5, 0.6) is 0 Å². The van der Waals surface area contributed by atoms with Crippen LogP contribution in [0.2, 0.25) is 0 Å². The first kappa shape index (κ1) is 35.1. The highest BCUT2D eigenvalue weighted by molar-refractivity contribution is 6.20. The average Bonchev–Trinajstić information content (AvgIpc) is 3.41. The molecule has 8 aliphatic rings. The molecule has 50 heavy (non-hydrogen) atoms. The van der Waals surface area contributed by atoms with Crippen molar-refractivity contribution in [2.75, 3.05) is 85.7 Å². The number of likely N-dealkylation sites (N-methyl/N-ethyl adjacent to an activating group) is 1. The van der Waals surface area contributed by atoms with Gasteiger partial charge in [-0.3, -0.25) is 19.3 Å². The summed E-state index contributed by atoms with van der Waals surface area (Å²) in [5.41, 5.74) is 0.162. The number of amides is 1. The molecule has 4 saturated carbocycles. The van der Waals surface area contributed by atoms with E-state index in [1.807, 2.05) is 6.20 Å². The van der Waals surface area contributed by atoms with Crippen molar-refractivity contribution in [1.82, 2.24) is 30.2 Å². The fourth-order valence-corrected chi connectivity index (χ4v) is 11.2. The zero-order chi connectivity index (χ0) is 34.4. The highest BCUT2D eigenvalue weighted by Gasteiger charge is 2.62. The normalized spacial score (nSPS) is 40.8. The lowest BCUT2D eigenvalue weighted by Crippen LogP contribution is -2.73. The standard InChI is InChI=1S/C38H59FN6O5/c1-42-12-14-43(15-13-42)10-5-9-41-38(48)29-23-45-31-21-26-24-6-2-3-7-25(24)35(46)27(26)22-32(31)50-37-33(30(39)20-28(34(37)45)36(29)47)40-8-4-11-44-16-18-49-19-17-44/h23-28,30-34,37,40H,2-22H2,1H3,(H,41,48). The number of ether oxygens (including phenoxy) is 2. The van der Waals surface area contributed by atoms with Gasteiger partial charge in [0.2, 0.25) is 0 Å². The molecule has 11 nitrogen and oxygen atoms in total. The molecule has 0 radical (unpaired) electrons. The van der Waals surface area contributed by atoms with Crippen molar-refractivity contribution in [3.8, 4) is 0 Å². The Hall–Kier alpha value is -1.96. The molecule has 0 aromatic rings. The highest BCUT2D eigenvalue weighted by atomic mass is 19.1. The van der Waals surface area contributed by atoms with Crippen molar-refractivity contribution in [2.45, 2.75) is 94.3 Å². The van der Waals surface area contributed by atoms with Crippen LogP contribution >= 0.6 is 0 Å². The number of morpholine rings is 2. The van der Waals surface area contributed by atoms with E-state index in [9.17, 15) is 14.4 Å². The average molecular weight is 699 g/mol. The third-order valence-electron chi connectivity index (χ3n) is 13.9. The third-order valence-corrected chi connectivity index (χ3v) is 13.9. The molecule has 0 aromatic heterocycles. The van der Waals surface area contributed by atoms with Gasteiger partial charge in [0.15, 0.2) is 5.78 Å². The van der Waals surface area contributed by atoms with Gasteiger partial charge in [-0.1, -0.05) is 12.8 Å².